The van der Waals surface area contributed by atoms with Crippen LogP contribution in [0.15, 0.2) is 30.6 Å². The first-order valence-corrected chi connectivity index (χ1v) is 7.93. The van der Waals surface area contributed by atoms with Crippen LogP contribution >= 0.6 is 0 Å². The van der Waals surface area contributed by atoms with Gasteiger partial charge >= 0.3 is 0 Å². The fourth-order valence-electron chi connectivity index (χ4n) is 2.20. The van der Waals surface area contributed by atoms with Crippen LogP contribution in [0.2, 0.25) is 0 Å². The van der Waals surface area contributed by atoms with Crippen LogP contribution in [0.25, 0.3) is 0 Å². The van der Waals surface area contributed by atoms with Gasteiger partial charge in [-0.2, -0.15) is 0 Å². The van der Waals surface area contributed by atoms with E-state index in [1.165, 1.54) is 17.5 Å². The third-order valence-electron chi connectivity index (χ3n) is 3.86. The number of hydrogen-bond donors (Lipinski definition) is 1. The molecule has 0 bridgehead atoms. The summed E-state index contributed by atoms with van der Waals surface area (Å²) in [5.41, 5.74) is 3.81. The van der Waals surface area contributed by atoms with Crippen molar-refractivity contribution in [2.24, 2.45) is 0 Å². The molecule has 0 aliphatic carbocycles. The molecule has 1 aromatic heterocycles. The number of aromatic nitrogens is 2. The van der Waals surface area contributed by atoms with E-state index in [1.54, 1.807) is 18.0 Å². The van der Waals surface area contributed by atoms with Gasteiger partial charge in [-0.1, -0.05) is 19.4 Å². The van der Waals surface area contributed by atoms with E-state index in [0.29, 0.717) is 11.5 Å². The number of carbonyl (C=O) groups is 1. The average Bonchev–Trinajstić information content (AvgIpc) is 2.55. The highest BCUT2D eigenvalue weighted by Crippen LogP contribution is 2.18. The third-order valence-corrected chi connectivity index (χ3v) is 3.86. The predicted molar refractivity (Wildman–Crippen MR) is 93.1 cm³/mol. The van der Waals surface area contributed by atoms with E-state index in [4.69, 9.17) is 0 Å². The topological polar surface area (TPSA) is 58.1 Å². The maximum atomic E-state index is 12.4. The van der Waals surface area contributed by atoms with Crippen LogP contribution < -0.4 is 5.32 Å². The van der Waals surface area contributed by atoms with Crippen LogP contribution in [0.1, 0.15) is 41.4 Å². The molecule has 5 heteroatoms. The molecule has 2 aromatic rings. The second-order valence-electron chi connectivity index (χ2n) is 5.79. The van der Waals surface area contributed by atoms with Gasteiger partial charge in [-0.25, -0.2) is 9.97 Å². The molecule has 0 aliphatic heterocycles. The Labute approximate surface area is 137 Å². The lowest BCUT2D eigenvalue weighted by molar-refractivity contribution is 0.0787. The van der Waals surface area contributed by atoms with Crippen molar-refractivity contribution in [2.75, 3.05) is 18.9 Å². The molecule has 1 amide bonds. The Morgan fingerprint density at radius 3 is 2.65 bits per heavy atom. The minimum Gasteiger partial charge on any atom is -0.340 e. The van der Waals surface area contributed by atoms with Gasteiger partial charge in [-0.05, 0) is 43.5 Å². The smallest absolute Gasteiger partial charge is 0.272 e. The van der Waals surface area contributed by atoms with Gasteiger partial charge in [0, 0.05) is 25.3 Å². The fraction of sp³-hybridized carbons (Fsp3) is 0.389. The lowest BCUT2D eigenvalue weighted by atomic mass is 10.1. The van der Waals surface area contributed by atoms with E-state index < -0.39 is 0 Å². The predicted octanol–water partition coefficient (Wildman–Crippen LogP) is 3.71. The highest BCUT2D eigenvalue weighted by Gasteiger charge is 2.13. The highest BCUT2D eigenvalue weighted by molar-refractivity contribution is 5.92. The summed E-state index contributed by atoms with van der Waals surface area (Å²) in [6, 6.07) is 7.81. The largest absolute Gasteiger partial charge is 0.340 e. The summed E-state index contributed by atoms with van der Waals surface area (Å²) in [6.07, 6.45) is 3.46. The lowest BCUT2D eigenvalue weighted by Crippen LogP contribution is -2.28. The Kier molecular flexibility index (Phi) is 5.68. The molecule has 0 atom stereocenters. The molecule has 0 radical (unpaired) electrons. The molecule has 1 aromatic carbocycles. The van der Waals surface area contributed by atoms with Crippen LogP contribution in [0.4, 0.5) is 11.5 Å². The molecule has 0 unspecified atom stereocenters. The van der Waals surface area contributed by atoms with Crippen molar-refractivity contribution in [3.8, 4) is 0 Å². The van der Waals surface area contributed by atoms with Crippen molar-refractivity contribution in [2.45, 2.75) is 33.6 Å². The van der Waals surface area contributed by atoms with Crippen LogP contribution in [0.3, 0.4) is 0 Å². The third kappa shape index (κ3) is 4.52. The summed E-state index contributed by atoms with van der Waals surface area (Å²) in [4.78, 5) is 22.4. The molecule has 0 saturated heterocycles. The number of unbranched alkanes of at least 4 members (excludes halogenated alkanes) is 1. The molecule has 0 aliphatic rings. The molecule has 2 rings (SSSR count). The monoisotopic (exact) mass is 312 g/mol. The zero-order valence-electron chi connectivity index (χ0n) is 14.3. The first-order chi connectivity index (χ1) is 11.0. The zero-order chi connectivity index (χ0) is 16.8. The van der Waals surface area contributed by atoms with Crippen LogP contribution in [0, 0.1) is 13.8 Å². The number of hydrogen-bond acceptors (Lipinski definition) is 4. The molecule has 0 spiro atoms. The molecular weight excluding hydrogens is 288 g/mol. The molecule has 1 N–H and O–H groups in total. The zero-order valence-corrected chi connectivity index (χ0v) is 14.3. The van der Waals surface area contributed by atoms with E-state index in [2.05, 4.69) is 48.2 Å². The maximum Gasteiger partial charge on any atom is 0.272 e. The van der Waals surface area contributed by atoms with Crippen molar-refractivity contribution in [3.63, 3.8) is 0 Å². The molecule has 1 heterocycles. The van der Waals surface area contributed by atoms with E-state index in [9.17, 15) is 4.79 Å². The molecular formula is C18H24N4O. The van der Waals surface area contributed by atoms with Crippen LogP contribution in [-0.4, -0.2) is 34.4 Å². The van der Waals surface area contributed by atoms with Gasteiger partial charge in [0.2, 0.25) is 0 Å². The number of amides is 1. The van der Waals surface area contributed by atoms with Crippen LogP contribution in [0.5, 0.6) is 0 Å². The van der Waals surface area contributed by atoms with Gasteiger partial charge < -0.3 is 10.2 Å². The van der Waals surface area contributed by atoms with Crippen molar-refractivity contribution >= 4 is 17.4 Å². The van der Waals surface area contributed by atoms with Gasteiger partial charge in [-0.15, -0.1) is 0 Å². The summed E-state index contributed by atoms with van der Waals surface area (Å²) in [6.45, 7) is 6.98. The minimum absolute atomic E-state index is 0.0796. The summed E-state index contributed by atoms with van der Waals surface area (Å²) in [5.74, 6) is 0.541. The van der Waals surface area contributed by atoms with Crippen molar-refractivity contribution in [1.29, 1.82) is 0 Å². The Morgan fingerprint density at radius 2 is 1.96 bits per heavy atom. The molecule has 122 valence electrons. The van der Waals surface area contributed by atoms with E-state index in [1.807, 2.05) is 6.07 Å². The van der Waals surface area contributed by atoms with Crippen molar-refractivity contribution in [3.05, 3.63) is 47.4 Å². The number of carbonyl (C=O) groups excluding carboxylic acids is 1. The van der Waals surface area contributed by atoms with Crippen molar-refractivity contribution < 1.29 is 4.79 Å². The summed E-state index contributed by atoms with van der Waals surface area (Å²) in [5, 5.41) is 3.23. The second kappa shape index (κ2) is 7.72. The minimum atomic E-state index is -0.0796. The van der Waals surface area contributed by atoms with Gasteiger partial charge in [-0.3, -0.25) is 4.79 Å². The Hall–Kier alpha value is -2.43. The summed E-state index contributed by atoms with van der Waals surface area (Å²) < 4.78 is 0. The maximum absolute atomic E-state index is 12.4. The van der Waals surface area contributed by atoms with Gasteiger partial charge in [0.1, 0.15) is 17.8 Å². The second-order valence-corrected chi connectivity index (χ2v) is 5.79. The number of rotatable bonds is 6. The Balaban J connectivity index is 2.13. The van der Waals surface area contributed by atoms with Gasteiger partial charge in [0.15, 0.2) is 0 Å². The quantitative estimate of drug-likeness (QED) is 0.883. The molecule has 5 nitrogen and oxygen atoms in total. The highest BCUT2D eigenvalue weighted by atomic mass is 16.2. The van der Waals surface area contributed by atoms with Crippen molar-refractivity contribution in [1.82, 2.24) is 14.9 Å². The number of aryl methyl sites for hydroxylation is 2. The summed E-state index contributed by atoms with van der Waals surface area (Å²) >= 11 is 0. The molecule has 0 saturated carbocycles. The number of nitrogens with one attached hydrogen (secondary N) is 1. The fourth-order valence-corrected chi connectivity index (χ4v) is 2.20. The van der Waals surface area contributed by atoms with Gasteiger partial charge in [0.25, 0.3) is 5.91 Å². The van der Waals surface area contributed by atoms with E-state index in [-0.39, 0.29) is 5.91 Å². The number of nitrogens with zero attached hydrogens (tertiary/aromatic N) is 3. The summed E-state index contributed by atoms with van der Waals surface area (Å²) in [7, 11) is 1.80. The van der Waals surface area contributed by atoms with Crippen LogP contribution in [-0.2, 0) is 0 Å². The molecule has 0 fully saturated rings. The van der Waals surface area contributed by atoms with E-state index in [0.717, 1.165) is 25.1 Å². The number of benzene rings is 1. The normalized spacial score (nSPS) is 10.4. The number of anilines is 2. The molecule has 23 heavy (non-hydrogen) atoms. The SMILES string of the molecule is CCCCN(C)C(=O)c1cc(Nc2ccc(C)c(C)c2)ncn1. The standard InChI is InChI=1S/C18H24N4O/c1-5-6-9-22(4)18(23)16-11-17(20-12-19-16)21-15-8-7-13(2)14(3)10-15/h7-8,10-12H,5-6,9H2,1-4H3,(H,19,20,21). The first kappa shape index (κ1) is 16.9. The Bertz CT molecular complexity index is 684. The first-order valence-electron chi connectivity index (χ1n) is 7.93. The average molecular weight is 312 g/mol. The Morgan fingerprint density at radius 1 is 1.17 bits per heavy atom. The lowest BCUT2D eigenvalue weighted by Gasteiger charge is -2.16. The van der Waals surface area contributed by atoms with Gasteiger partial charge in [0.05, 0.1) is 0 Å². The van der Waals surface area contributed by atoms with E-state index >= 15 is 0 Å².